The van der Waals surface area contributed by atoms with E-state index >= 15 is 0 Å². The third-order valence-electron chi connectivity index (χ3n) is 3.26. The molecule has 1 aromatic rings. The molecule has 0 aromatic carbocycles. The normalized spacial score (nSPS) is 12.2. The number of aliphatic hydroxyl groups excluding tert-OH is 1. The van der Waals surface area contributed by atoms with E-state index in [1.54, 1.807) is 0 Å². The first-order valence-corrected chi connectivity index (χ1v) is 9.08. The van der Waals surface area contributed by atoms with Crippen molar-refractivity contribution >= 4 is 17.8 Å². The van der Waals surface area contributed by atoms with E-state index in [0.717, 1.165) is 6.42 Å². The topological polar surface area (TPSA) is 139 Å². The molecular weight excluding hydrogens is 338 g/mol. The SMILES string of the molecule is CC[C@H](CO)Nc1nc(NCCOCCOCCN)nc(NC(C)C)n1. The largest absolute Gasteiger partial charge is 0.394 e. The fraction of sp³-hybridized carbons (Fsp3) is 0.812. The Kier molecular flexibility index (Phi) is 11.5. The van der Waals surface area contributed by atoms with E-state index < -0.39 is 0 Å². The Bertz CT molecular complexity index is 487. The zero-order chi connectivity index (χ0) is 19.2. The Hall–Kier alpha value is -1.75. The van der Waals surface area contributed by atoms with Crippen molar-refractivity contribution < 1.29 is 14.6 Å². The molecule has 0 saturated carbocycles. The molecule has 26 heavy (non-hydrogen) atoms. The van der Waals surface area contributed by atoms with Crippen molar-refractivity contribution in [2.24, 2.45) is 5.73 Å². The van der Waals surface area contributed by atoms with Gasteiger partial charge in [-0.15, -0.1) is 0 Å². The lowest BCUT2D eigenvalue weighted by Gasteiger charge is -2.16. The lowest BCUT2D eigenvalue weighted by Crippen LogP contribution is -2.25. The summed E-state index contributed by atoms with van der Waals surface area (Å²) < 4.78 is 10.7. The molecule has 1 heterocycles. The minimum Gasteiger partial charge on any atom is -0.394 e. The molecule has 10 heteroatoms. The van der Waals surface area contributed by atoms with Crippen LogP contribution in [0.25, 0.3) is 0 Å². The third-order valence-corrected chi connectivity index (χ3v) is 3.26. The molecule has 1 rings (SSSR count). The molecule has 6 N–H and O–H groups in total. The number of rotatable bonds is 15. The van der Waals surface area contributed by atoms with Gasteiger partial charge in [0.2, 0.25) is 17.8 Å². The van der Waals surface area contributed by atoms with Crippen LogP contribution < -0.4 is 21.7 Å². The summed E-state index contributed by atoms with van der Waals surface area (Å²) in [5.41, 5.74) is 5.34. The Morgan fingerprint density at radius 3 is 2.15 bits per heavy atom. The lowest BCUT2D eigenvalue weighted by molar-refractivity contribution is 0.0547. The van der Waals surface area contributed by atoms with Crippen LogP contribution in [0.4, 0.5) is 17.8 Å². The van der Waals surface area contributed by atoms with Crippen molar-refractivity contribution in [3.63, 3.8) is 0 Å². The second-order valence-electron chi connectivity index (χ2n) is 5.98. The van der Waals surface area contributed by atoms with Crippen LogP contribution in [0.2, 0.25) is 0 Å². The van der Waals surface area contributed by atoms with E-state index in [-0.39, 0.29) is 18.7 Å². The molecular formula is C16H33N7O3. The Labute approximate surface area is 155 Å². The molecule has 0 fully saturated rings. The van der Waals surface area contributed by atoms with Gasteiger partial charge in [-0.25, -0.2) is 0 Å². The summed E-state index contributed by atoms with van der Waals surface area (Å²) >= 11 is 0. The van der Waals surface area contributed by atoms with Gasteiger partial charge in [-0.3, -0.25) is 0 Å². The van der Waals surface area contributed by atoms with Gasteiger partial charge in [0, 0.05) is 19.1 Å². The van der Waals surface area contributed by atoms with Crippen molar-refractivity contribution in [1.82, 2.24) is 15.0 Å². The zero-order valence-corrected chi connectivity index (χ0v) is 16.0. The van der Waals surface area contributed by atoms with Crippen LogP contribution in [0, 0.1) is 0 Å². The number of hydrogen-bond donors (Lipinski definition) is 5. The zero-order valence-electron chi connectivity index (χ0n) is 16.0. The van der Waals surface area contributed by atoms with Crippen LogP contribution >= 0.6 is 0 Å². The van der Waals surface area contributed by atoms with Gasteiger partial charge in [-0.2, -0.15) is 15.0 Å². The minimum atomic E-state index is -0.103. The van der Waals surface area contributed by atoms with Crippen molar-refractivity contribution in [1.29, 1.82) is 0 Å². The fourth-order valence-electron chi connectivity index (χ4n) is 1.94. The maximum Gasteiger partial charge on any atom is 0.229 e. The van der Waals surface area contributed by atoms with Crippen molar-refractivity contribution in [2.75, 3.05) is 62.1 Å². The average Bonchev–Trinajstić information content (AvgIpc) is 2.61. The van der Waals surface area contributed by atoms with Crippen LogP contribution in [0.5, 0.6) is 0 Å². The molecule has 0 aliphatic rings. The summed E-state index contributed by atoms with van der Waals surface area (Å²) in [6, 6.07) is 0.0868. The van der Waals surface area contributed by atoms with Gasteiger partial charge in [0.05, 0.1) is 39.1 Å². The molecule has 10 nitrogen and oxygen atoms in total. The summed E-state index contributed by atoms with van der Waals surface area (Å²) in [6.07, 6.45) is 0.762. The second kappa shape index (κ2) is 13.5. The van der Waals surface area contributed by atoms with Gasteiger partial charge in [0.15, 0.2) is 0 Å². The highest BCUT2D eigenvalue weighted by molar-refractivity contribution is 5.42. The Balaban J connectivity index is 2.53. The molecule has 1 aromatic heterocycles. The quantitative estimate of drug-likeness (QED) is 0.273. The smallest absolute Gasteiger partial charge is 0.229 e. The summed E-state index contributed by atoms with van der Waals surface area (Å²) in [5, 5.41) is 18.7. The van der Waals surface area contributed by atoms with Gasteiger partial charge in [0.25, 0.3) is 0 Å². The number of aromatic nitrogens is 3. The molecule has 150 valence electrons. The van der Waals surface area contributed by atoms with Crippen LogP contribution in [-0.2, 0) is 9.47 Å². The monoisotopic (exact) mass is 371 g/mol. The van der Waals surface area contributed by atoms with Crippen molar-refractivity contribution in [3.05, 3.63) is 0 Å². The highest BCUT2D eigenvalue weighted by Crippen LogP contribution is 2.12. The third kappa shape index (κ3) is 9.66. The van der Waals surface area contributed by atoms with Gasteiger partial charge < -0.3 is 36.3 Å². The second-order valence-corrected chi connectivity index (χ2v) is 5.98. The first-order chi connectivity index (χ1) is 12.6. The molecule has 1 atom stereocenters. The van der Waals surface area contributed by atoms with Crippen LogP contribution in [0.15, 0.2) is 0 Å². The summed E-state index contributed by atoms with van der Waals surface area (Å²) in [7, 11) is 0. The summed E-state index contributed by atoms with van der Waals surface area (Å²) in [5.74, 6) is 1.34. The molecule has 0 aliphatic heterocycles. The standard InChI is InChI=1S/C16H33N7O3/c1-4-13(11-24)20-16-22-14(21-15(23-16)19-12(2)3)18-6-8-26-10-9-25-7-5-17/h12-13,24H,4-11,17H2,1-3H3,(H3,18,19,20,21,22,23)/t13-/m1/s1. The summed E-state index contributed by atoms with van der Waals surface area (Å²) in [6.45, 7) is 9.16. The molecule has 0 radical (unpaired) electrons. The average molecular weight is 371 g/mol. The van der Waals surface area contributed by atoms with E-state index in [9.17, 15) is 5.11 Å². The number of nitrogens with zero attached hydrogens (tertiary/aromatic N) is 3. The maximum atomic E-state index is 9.35. The van der Waals surface area contributed by atoms with Crippen molar-refractivity contribution in [2.45, 2.75) is 39.3 Å². The number of aliphatic hydroxyl groups is 1. The number of anilines is 3. The molecule has 0 aliphatic carbocycles. The van der Waals surface area contributed by atoms with Gasteiger partial charge in [-0.05, 0) is 20.3 Å². The van der Waals surface area contributed by atoms with E-state index in [1.165, 1.54) is 0 Å². The van der Waals surface area contributed by atoms with Crippen LogP contribution in [0.3, 0.4) is 0 Å². The molecule has 0 bridgehead atoms. The molecule has 0 saturated heterocycles. The first-order valence-electron chi connectivity index (χ1n) is 9.08. The first kappa shape index (κ1) is 22.3. The number of nitrogens with one attached hydrogen (secondary N) is 3. The lowest BCUT2D eigenvalue weighted by atomic mass is 10.2. The Morgan fingerprint density at radius 2 is 1.58 bits per heavy atom. The van der Waals surface area contributed by atoms with Gasteiger partial charge in [-0.1, -0.05) is 6.92 Å². The minimum absolute atomic E-state index is 0.0119. The number of hydrogen-bond acceptors (Lipinski definition) is 10. The van der Waals surface area contributed by atoms with E-state index in [2.05, 4.69) is 30.9 Å². The van der Waals surface area contributed by atoms with E-state index in [0.29, 0.717) is 57.4 Å². The predicted octanol–water partition coefficient (Wildman–Crippen LogP) is 0.279. The van der Waals surface area contributed by atoms with Crippen molar-refractivity contribution in [3.8, 4) is 0 Å². The summed E-state index contributed by atoms with van der Waals surface area (Å²) in [4.78, 5) is 13.0. The van der Waals surface area contributed by atoms with Gasteiger partial charge in [0.1, 0.15) is 0 Å². The highest BCUT2D eigenvalue weighted by Gasteiger charge is 2.11. The predicted molar refractivity (Wildman–Crippen MR) is 103 cm³/mol. The van der Waals surface area contributed by atoms with Gasteiger partial charge >= 0.3 is 0 Å². The molecule has 0 amide bonds. The number of nitrogens with two attached hydrogens (primary N) is 1. The highest BCUT2D eigenvalue weighted by atomic mass is 16.5. The van der Waals surface area contributed by atoms with Crippen LogP contribution in [-0.4, -0.2) is 78.3 Å². The molecule has 0 spiro atoms. The number of ether oxygens (including phenoxy) is 2. The maximum absolute atomic E-state index is 9.35. The van der Waals surface area contributed by atoms with E-state index in [1.807, 2.05) is 20.8 Å². The fourth-order valence-corrected chi connectivity index (χ4v) is 1.94. The van der Waals surface area contributed by atoms with Crippen LogP contribution in [0.1, 0.15) is 27.2 Å². The van der Waals surface area contributed by atoms with E-state index in [4.69, 9.17) is 15.2 Å². The molecule has 0 unspecified atom stereocenters. The Morgan fingerprint density at radius 1 is 0.962 bits per heavy atom.